The zero-order chi connectivity index (χ0) is 38.7. The van der Waals surface area contributed by atoms with E-state index in [4.69, 9.17) is 28.4 Å². The van der Waals surface area contributed by atoms with E-state index in [1.807, 2.05) is 91.0 Å². The summed E-state index contributed by atoms with van der Waals surface area (Å²) in [7, 11) is 1.39. The molecule has 0 N–H and O–H groups in total. The van der Waals surface area contributed by atoms with Crippen molar-refractivity contribution in [3.63, 3.8) is 0 Å². The van der Waals surface area contributed by atoms with Gasteiger partial charge in [-0.2, -0.15) is 0 Å². The molecule has 282 valence electrons. The topological polar surface area (TPSA) is 107 Å². The van der Waals surface area contributed by atoms with E-state index in [1.165, 1.54) is 7.11 Å². The van der Waals surface area contributed by atoms with E-state index < -0.39 is 54.2 Å². The number of hydrogen-bond donors (Lipinski definition) is 0. The Labute approximate surface area is 325 Å². The summed E-state index contributed by atoms with van der Waals surface area (Å²) in [6, 6.07) is 54.4. The normalized spacial score (nSPS) is 19.3. The van der Waals surface area contributed by atoms with Gasteiger partial charge < -0.3 is 28.4 Å². The van der Waals surface area contributed by atoms with E-state index in [0.29, 0.717) is 0 Å². The minimum absolute atomic E-state index is 0.204. The highest BCUT2D eigenvalue weighted by Gasteiger charge is 2.54. The minimum Gasteiger partial charge on any atom is -0.452 e. The maximum absolute atomic E-state index is 13.9. The van der Waals surface area contributed by atoms with Crippen LogP contribution < -0.4 is 0 Å². The van der Waals surface area contributed by atoms with Crippen LogP contribution in [0.2, 0.25) is 0 Å². The van der Waals surface area contributed by atoms with Gasteiger partial charge in [-0.3, -0.25) is 0 Å². The van der Waals surface area contributed by atoms with Gasteiger partial charge in [-0.1, -0.05) is 146 Å². The van der Waals surface area contributed by atoms with Gasteiger partial charge in [-0.05, 0) is 53.1 Å². The van der Waals surface area contributed by atoms with Gasteiger partial charge in [0.25, 0.3) is 0 Å². The first-order valence-electron chi connectivity index (χ1n) is 18.2. The molecule has 1 heterocycles. The van der Waals surface area contributed by atoms with Gasteiger partial charge in [0.05, 0.1) is 23.3 Å². The number of esters is 3. The van der Waals surface area contributed by atoms with Crippen LogP contribution in [0.3, 0.4) is 0 Å². The molecule has 0 radical (unpaired) electrons. The maximum Gasteiger partial charge on any atom is 0.338 e. The summed E-state index contributed by atoms with van der Waals surface area (Å²) in [5, 5.41) is 0. The molecule has 5 atom stereocenters. The largest absolute Gasteiger partial charge is 0.452 e. The molecule has 0 unspecified atom stereocenters. The molecule has 9 nitrogen and oxygen atoms in total. The summed E-state index contributed by atoms with van der Waals surface area (Å²) in [4.78, 5) is 41.4. The highest BCUT2D eigenvalue weighted by atomic mass is 16.7. The van der Waals surface area contributed by atoms with Crippen molar-refractivity contribution in [2.75, 3.05) is 13.7 Å². The highest BCUT2D eigenvalue weighted by Crippen LogP contribution is 2.42. The Kier molecular flexibility index (Phi) is 12.1. The molecule has 6 aromatic carbocycles. The van der Waals surface area contributed by atoms with Gasteiger partial charge in [0.15, 0.2) is 24.6 Å². The second-order valence-electron chi connectivity index (χ2n) is 13.1. The second-order valence-corrected chi connectivity index (χ2v) is 13.1. The predicted molar refractivity (Wildman–Crippen MR) is 208 cm³/mol. The molecular weight excluding hydrogens is 709 g/mol. The van der Waals surface area contributed by atoms with Crippen molar-refractivity contribution >= 4 is 17.9 Å². The zero-order valence-electron chi connectivity index (χ0n) is 30.6. The smallest absolute Gasteiger partial charge is 0.338 e. The Balaban J connectivity index is 1.33. The minimum atomic E-state index is -1.42. The number of carbonyl (C=O) groups is 3. The molecule has 0 aliphatic carbocycles. The summed E-state index contributed by atoms with van der Waals surface area (Å²) in [5.41, 5.74) is 2.04. The first-order chi connectivity index (χ1) is 27.5. The molecule has 1 fully saturated rings. The highest BCUT2D eigenvalue weighted by molar-refractivity contribution is 5.91. The fourth-order valence-electron chi connectivity index (χ4n) is 6.88. The molecule has 0 saturated carbocycles. The van der Waals surface area contributed by atoms with E-state index in [0.717, 1.165) is 16.7 Å². The van der Waals surface area contributed by atoms with E-state index in [-0.39, 0.29) is 23.3 Å². The van der Waals surface area contributed by atoms with Gasteiger partial charge in [0.1, 0.15) is 11.7 Å². The van der Waals surface area contributed by atoms with Crippen molar-refractivity contribution in [1.29, 1.82) is 0 Å². The monoisotopic (exact) mass is 748 g/mol. The van der Waals surface area contributed by atoms with E-state index >= 15 is 0 Å². The van der Waals surface area contributed by atoms with Gasteiger partial charge in [-0.15, -0.1) is 0 Å². The molecule has 1 aliphatic rings. The van der Waals surface area contributed by atoms with Gasteiger partial charge in [0, 0.05) is 7.11 Å². The summed E-state index contributed by atoms with van der Waals surface area (Å²) in [6.45, 7) is -0.204. The van der Waals surface area contributed by atoms with Crippen molar-refractivity contribution < 1.29 is 42.8 Å². The Hall–Kier alpha value is -6.39. The maximum atomic E-state index is 13.9. The van der Waals surface area contributed by atoms with E-state index in [1.54, 1.807) is 91.0 Å². The molecule has 1 aliphatic heterocycles. The quantitative estimate of drug-likeness (QED) is 0.0659. The summed E-state index contributed by atoms with van der Waals surface area (Å²) < 4.78 is 38.1. The van der Waals surface area contributed by atoms with Crippen LogP contribution in [0.15, 0.2) is 182 Å². The number of benzene rings is 6. The lowest BCUT2D eigenvalue weighted by atomic mass is 9.80. The molecule has 0 amide bonds. The Bertz CT molecular complexity index is 2070. The Morgan fingerprint density at radius 2 is 0.786 bits per heavy atom. The van der Waals surface area contributed by atoms with Gasteiger partial charge in [0.2, 0.25) is 0 Å². The summed E-state index contributed by atoms with van der Waals surface area (Å²) in [6.07, 6.45) is -6.57. The molecular formula is C47H40O9. The number of carbonyl (C=O) groups excluding carboxylic acids is 3. The lowest BCUT2D eigenvalue weighted by Gasteiger charge is -2.45. The number of ether oxygens (including phenoxy) is 6. The van der Waals surface area contributed by atoms with Crippen LogP contribution >= 0.6 is 0 Å². The van der Waals surface area contributed by atoms with Crippen molar-refractivity contribution in [3.05, 3.63) is 215 Å². The number of hydrogen-bond acceptors (Lipinski definition) is 9. The first kappa shape index (κ1) is 37.9. The van der Waals surface area contributed by atoms with Gasteiger partial charge >= 0.3 is 17.9 Å². The molecule has 56 heavy (non-hydrogen) atoms. The average molecular weight is 749 g/mol. The van der Waals surface area contributed by atoms with Gasteiger partial charge in [-0.25, -0.2) is 14.4 Å². The number of rotatable bonds is 13. The molecule has 0 bridgehead atoms. The molecule has 0 aromatic heterocycles. The predicted octanol–water partition coefficient (Wildman–Crippen LogP) is 8.04. The van der Waals surface area contributed by atoms with Crippen LogP contribution in [0.25, 0.3) is 0 Å². The van der Waals surface area contributed by atoms with Crippen LogP contribution in [0.1, 0.15) is 47.8 Å². The van der Waals surface area contributed by atoms with Crippen LogP contribution in [0.4, 0.5) is 0 Å². The number of methoxy groups -OCH3 is 1. The van der Waals surface area contributed by atoms with Crippen molar-refractivity contribution in [2.45, 2.75) is 36.3 Å². The molecule has 7 rings (SSSR count). The Morgan fingerprint density at radius 1 is 0.464 bits per heavy atom. The van der Waals surface area contributed by atoms with E-state index in [2.05, 4.69) is 0 Å². The SMILES string of the molecule is CO[C@@H]1O[C@@H](COC(c2ccccc2)(c2ccccc2)c2ccccc2)[C@@H](OC(=O)c2ccccc2)[C@@H](OC(=O)c2ccccc2)[C@@H]1OC(=O)c1ccccc1. The van der Waals surface area contributed by atoms with Crippen molar-refractivity contribution in [2.24, 2.45) is 0 Å². The summed E-state index contributed by atoms with van der Waals surface area (Å²) in [5.74, 6) is -2.17. The first-order valence-corrected chi connectivity index (χ1v) is 18.2. The average Bonchev–Trinajstić information content (AvgIpc) is 3.27. The standard InChI is InChI=1S/C47H40O9/c1-51-46-42(56-45(50)35-24-12-4-13-25-35)41(55-44(49)34-22-10-3-11-23-34)40(54-43(48)33-20-8-2-9-21-33)39(53-46)32-52-47(36-26-14-5-15-27-36,37-28-16-6-17-29-37)38-30-18-7-19-31-38/h2-31,39-42,46H,32H2,1H3/t39-,40+,41+,42-,46+/m0/s1. The lowest BCUT2D eigenvalue weighted by molar-refractivity contribution is -0.296. The fraction of sp³-hybridized carbons (Fsp3) is 0.170. The third-order valence-electron chi connectivity index (χ3n) is 9.59. The van der Waals surface area contributed by atoms with Crippen LogP contribution in [0.5, 0.6) is 0 Å². The van der Waals surface area contributed by atoms with Crippen LogP contribution in [-0.2, 0) is 34.0 Å². The lowest BCUT2D eigenvalue weighted by Crippen LogP contribution is -2.63. The van der Waals surface area contributed by atoms with Crippen LogP contribution in [0, 0.1) is 0 Å². The molecule has 0 spiro atoms. The molecule has 1 saturated heterocycles. The molecule has 6 aromatic rings. The van der Waals surface area contributed by atoms with Crippen molar-refractivity contribution in [1.82, 2.24) is 0 Å². The van der Waals surface area contributed by atoms with Crippen LogP contribution in [-0.4, -0.2) is 62.3 Å². The Morgan fingerprint density at radius 3 is 1.14 bits per heavy atom. The van der Waals surface area contributed by atoms with E-state index in [9.17, 15) is 14.4 Å². The zero-order valence-corrected chi connectivity index (χ0v) is 30.6. The second kappa shape index (κ2) is 17.8. The van der Waals surface area contributed by atoms with Crippen molar-refractivity contribution in [3.8, 4) is 0 Å². The third-order valence-corrected chi connectivity index (χ3v) is 9.59. The fourth-order valence-corrected chi connectivity index (χ4v) is 6.88. The summed E-state index contributed by atoms with van der Waals surface area (Å²) >= 11 is 0. The third kappa shape index (κ3) is 8.30. The molecule has 9 heteroatoms.